The van der Waals surface area contributed by atoms with E-state index in [1.807, 2.05) is 18.2 Å². The van der Waals surface area contributed by atoms with Crippen LogP contribution in [-0.4, -0.2) is 16.9 Å². The highest BCUT2D eigenvalue weighted by molar-refractivity contribution is 5.92. The number of nitrogens with one attached hydrogen (secondary N) is 2. The molecule has 108 valence electrons. The van der Waals surface area contributed by atoms with Crippen molar-refractivity contribution in [2.75, 3.05) is 5.32 Å². The quantitative estimate of drug-likeness (QED) is 0.886. The second-order valence-corrected chi connectivity index (χ2v) is 5.46. The summed E-state index contributed by atoms with van der Waals surface area (Å²) in [4.78, 5) is 16.1. The smallest absolute Gasteiger partial charge is 0.270 e. The molecule has 0 bridgehead atoms. The van der Waals surface area contributed by atoms with Crippen molar-refractivity contribution in [3.8, 4) is 0 Å². The van der Waals surface area contributed by atoms with Gasteiger partial charge in [-0.05, 0) is 43.0 Å². The molecule has 0 spiro atoms. The summed E-state index contributed by atoms with van der Waals surface area (Å²) in [5.41, 5.74) is 3.91. The second-order valence-electron chi connectivity index (χ2n) is 5.46. The Bertz CT molecular complexity index is 633. The zero-order valence-electron chi connectivity index (χ0n) is 12.1. The summed E-state index contributed by atoms with van der Waals surface area (Å²) in [5.74, 6) is -0.0806. The SMILES string of the molecule is Cc1ccccc1CNc1ccc(C(=O)NC2CC2)nc1. The highest BCUT2D eigenvalue weighted by Gasteiger charge is 2.24. The van der Waals surface area contributed by atoms with E-state index in [1.54, 1.807) is 12.3 Å². The topological polar surface area (TPSA) is 54.0 Å². The fraction of sp³-hybridized carbons (Fsp3) is 0.294. The number of hydrogen-bond donors (Lipinski definition) is 2. The van der Waals surface area contributed by atoms with Gasteiger partial charge < -0.3 is 10.6 Å². The van der Waals surface area contributed by atoms with E-state index in [0.717, 1.165) is 25.1 Å². The van der Waals surface area contributed by atoms with Crippen LogP contribution in [0.1, 0.15) is 34.5 Å². The van der Waals surface area contributed by atoms with E-state index in [0.29, 0.717) is 11.7 Å². The molecule has 3 rings (SSSR count). The molecule has 21 heavy (non-hydrogen) atoms. The Morgan fingerprint density at radius 1 is 1.24 bits per heavy atom. The molecule has 0 atom stereocenters. The molecule has 2 aromatic rings. The van der Waals surface area contributed by atoms with E-state index < -0.39 is 0 Å². The molecular formula is C17H19N3O. The molecule has 1 aliphatic rings. The first kappa shape index (κ1) is 13.6. The minimum atomic E-state index is -0.0806. The van der Waals surface area contributed by atoms with Gasteiger partial charge in [0.1, 0.15) is 5.69 Å². The van der Waals surface area contributed by atoms with Gasteiger partial charge in [0.25, 0.3) is 5.91 Å². The lowest BCUT2D eigenvalue weighted by molar-refractivity contribution is 0.0946. The number of rotatable bonds is 5. The van der Waals surface area contributed by atoms with Crippen LogP contribution in [0.2, 0.25) is 0 Å². The minimum absolute atomic E-state index is 0.0806. The molecular weight excluding hydrogens is 262 g/mol. The Morgan fingerprint density at radius 3 is 2.71 bits per heavy atom. The third-order valence-electron chi connectivity index (χ3n) is 3.65. The van der Waals surface area contributed by atoms with E-state index >= 15 is 0 Å². The van der Waals surface area contributed by atoms with Gasteiger partial charge >= 0.3 is 0 Å². The summed E-state index contributed by atoms with van der Waals surface area (Å²) in [6.45, 7) is 2.85. The molecule has 1 aromatic carbocycles. The lowest BCUT2D eigenvalue weighted by Crippen LogP contribution is -2.26. The Balaban J connectivity index is 1.59. The van der Waals surface area contributed by atoms with Gasteiger partial charge in [-0.2, -0.15) is 0 Å². The summed E-state index contributed by atoms with van der Waals surface area (Å²) in [6.07, 6.45) is 3.88. The average molecular weight is 281 g/mol. The molecule has 0 unspecified atom stereocenters. The third kappa shape index (κ3) is 3.60. The molecule has 0 radical (unpaired) electrons. The fourth-order valence-corrected chi connectivity index (χ4v) is 2.13. The minimum Gasteiger partial charge on any atom is -0.380 e. The Labute approximate surface area is 124 Å². The fourth-order valence-electron chi connectivity index (χ4n) is 2.13. The highest BCUT2D eigenvalue weighted by Crippen LogP contribution is 2.19. The van der Waals surface area contributed by atoms with Crippen LogP contribution in [0.5, 0.6) is 0 Å². The van der Waals surface area contributed by atoms with Crippen molar-refractivity contribution >= 4 is 11.6 Å². The van der Waals surface area contributed by atoms with Crippen molar-refractivity contribution in [3.05, 3.63) is 59.4 Å². The monoisotopic (exact) mass is 281 g/mol. The lowest BCUT2D eigenvalue weighted by Gasteiger charge is -2.09. The van der Waals surface area contributed by atoms with Gasteiger partial charge in [-0.3, -0.25) is 4.79 Å². The van der Waals surface area contributed by atoms with Gasteiger partial charge in [0.15, 0.2) is 0 Å². The van der Waals surface area contributed by atoms with E-state index in [4.69, 9.17) is 0 Å². The predicted molar refractivity (Wildman–Crippen MR) is 83.2 cm³/mol. The first-order chi connectivity index (χ1) is 10.2. The predicted octanol–water partition coefficient (Wildman–Crippen LogP) is 2.89. The van der Waals surface area contributed by atoms with Crippen LogP contribution in [0, 0.1) is 6.92 Å². The number of carbonyl (C=O) groups is 1. The molecule has 0 saturated heterocycles. The molecule has 1 saturated carbocycles. The second kappa shape index (κ2) is 5.95. The van der Waals surface area contributed by atoms with Gasteiger partial charge in [-0.15, -0.1) is 0 Å². The summed E-state index contributed by atoms with van der Waals surface area (Å²) in [7, 11) is 0. The Morgan fingerprint density at radius 2 is 2.05 bits per heavy atom. The van der Waals surface area contributed by atoms with Crippen LogP contribution in [-0.2, 0) is 6.54 Å². The van der Waals surface area contributed by atoms with Gasteiger partial charge in [-0.1, -0.05) is 24.3 Å². The molecule has 1 aliphatic carbocycles. The maximum absolute atomic E-state index is 11.8. The number of aromatic nitrogens is 1. The van der Waals surface area contributed by atoms with Gasteiger partial charge in [0.2, 0.25) is 0 Å². The molecule has 1 fully saturated rings. The molecule has 1 heterocycles. The van der Waals surface area contributed by atoms with Crippen LogP contribution >= 0.6 is 0 Å². The molecule has 0 aliphatic heterocycles. The third-order valence-corrected chi connectivity index (χ3v) is 3.65. The van der Waals surface area contributed by atoms with Crippen LogP contribution < -0.4 is 10.6 Å². The number of benzene rings is 1. The Hall–Kier alpha value is -2.36. The van der Waals surface area contributed by atoms with Crippen LogP contribution in [0.25, 0.3) is 0 Å². The number of aryl methyl sites for hydroxylation is 1. The first-order valence-electron chi connectivity index (χ1n) is 7.27. The first-order valence-corrected chi connectivity index (χ1v) is 7.27. The van der Waals surface area contributed by atoms with Gasteiger partial charge in [-0.25, -0.2) is 4.98 Å². The van der Waals surface area contributed by atoms with Crippen molar-refractivity contribution in [1.29, 1.82) is 0 Å². The number of hydrogen-bond acceptors (Lipinski definition) is 3. The van der Waals surface area contributed by atoms with Gasteiger partial charge in [0.05, 0.1) is 11.9 Å². The number of anilines is 1. The summed E-state index contributed by atoms with van der Waals surface area (Å²) in [6, 6.07) is 12.3. The largest absolute Gasteiger partial charge is 0.380 e. The van der Waals surface area contributed by atoms with Gasteiger partial charge in [0, 0.05) is 12.6 Å². The average Bonchev–Trinajstić information content (AvgIpc) is 3.31. The van der Waals surface area contributed by atoms with Crippen LogP contribution in [0.15, 0.2) is 42.6 Å². The van der Waals surface area contributed by atoms with E-state index in [-0.39, 0.29) is 5.91 Å². The molecule has 2 N–H and O–H groups in total. The standard InChI is InChI=1S/C17H19N3O/c1-12-4-2-3-5-13(12)10-18-15-8-9-16(19-11-15)17(21)20-14-6-7-14/h2-5,8-9,11,14,18H,6-7,10H2,1H3,(H,20,21). The normalized spacial score (nSPS) is 13.8. The number of nitrogens with zero attached hydrogens (tertiary/aromatic N) is 1. The van der Waals surface area contributed by atoms with Crippen LogP contribution in [0.3, 0.4) is 0 Å². The van der Waals surface area contributed by atoms with Crippen molar-refractivity contribution in [2.24, 2.45) is 0 Å². The number of pyridine rings is 1. The zero-order valence-corrected chi connectivity index (χ0v) is 12.1. The highest BCUT2D eigenvalue weighted by atomic mass is 16.2. The van der Waals surface area contributed by atoms with Crippen LogP contribution in [0.4, 0.5) is 5.69 Å². The molecule has 4 nitrogen and oxygen atoms in total. The number of amides is 1. The molecule has 4 heteroatoms. The van der Waals surface area contributed by atoms with Crippen molar-refractivity contribution < 1.29 is 4.79 Å². The zero-order chi connectivity index (χ0) is 14.7. The maximum Gasteiger partial charge on any atom is 0.270 e. The summed E-state index contributed by atoms with van der Waals surface area (Å²) < 4.78 is 0. The van der Waals surface area contributed by atoms with Crippen molar-refractivity contribution in [1.82, 2.24) is 10.3 Å². The molecule has 1 aromatic heterocycles. The van der Waals surface area contributed by atoms with Crippen molar-refractivity contribution in [2.45, 2.75) is 32.4 Å². The maximum atomic E-state index is 11.8. The van der Waals surface area contributed by atoms with E-state index in [9.17, 15) is 4.79 Å². The summed E-state index contributed by atoms with van der Waals surface area (Å²) >= 11 is 0. The number of carbonyl (C=O) groups excluding carboxylic acids is 1. The summed E-state index contributed by atoms with van der Waals surface area (Å²) in [5, 5.41) is 6.26. The molecule has 1 amide bonds. The Kier molecular flexibility index (Phi) is 3.86. The van der Waals surface area contributed by atoms with E-state index in [2.05, 4.69) is 34.7 Å². The van der Waals surface area contributed by atoms with E-state index in [1.165, 1.54) is 11.1 Å². The van der Waals surface area contributed by atoms with Crippen molar-refractivity contribution in [3.63, 3.8) is 0 Å². The lowest BCUT2D eigenvalue weighted by atomic mass is 10.1.